The number of carbonyl (C=O) groups excluding carboxylic acids is 1. The molecule has 0 spiro atoms. The zero-order chi connectivity index (χ0) is 13.1. The SMILES string of the molecule is O=C(Cc1ccc(Br)cc1)c1cc(Br)ccc1F. The number of hydrogen-bond donors (Lipinski definition) is 0. The van der Waals surface area contributed by atoms with Crippen molar-refractivity contribution in [3.05, 3.63) is 68.4 Å². The molecule has 4 heteroatoms. The zero-order valence-electron chi connectivity index (χ0n) is 9.29. The lowest BCUT2D eigenvalue weighted by atomic mass is 10.0. The summed E-state index contributed by atoms with van der Waals surface area (Å²) in [7, 11) is 0. The number of ketones is 1. The highest BCUT2D eigenvalue weighted by Crippen LogP contribution is 2.18. The maximum atomic E-state index is 13.5. The van der Waals surface area contributed by atoms with E-state index in [1.807, 2.05) is 24.3 Å². The maximum absolute atomic E-state index is 13.5. The van der Waals surface area contributed by atoms with Crippen molar-refractivity contribution in [2.24, 2.45) is 0 Å². The minimum absolute atomic E-state index is 0.118. The van der Waals surface area contributed by atoms with Crippen LogP contribution in [0.4, 0.5) is 4.39 Å². The Morgan fingerprint density at radius 1 is 1.00 bits per heavy atom. The molecule has 1 nitrogen and oxygen atoms in total. The first-order chi connectivity index (χ1) is 8.56. The third-order valence-corrected chi connectivity index (χ3v) is 3.53. The van der Waals surface area contributed by atoms with Crippen molar-refractivity contribution in [2.45, 2.75) is 6.42 Å². The molecule has 0 radical (unpaired) electrons. The van der Waals surface area contributed by atoms with Crippen LogP contribution >= 0.6 is 31.9 Å². The van der Waals surface area contributed by atoms with Crippen LogP contribution in [0.2, 0.25) is 0 Å². The van der Waals surface area contributed by atoms with E-state index in [9.17, 15) is 9.18 Å². The van der Waals surface area contributed by atoms with Crippen LogP contribution in [0.15, 0.2) is 51.4 Å². The molecule has 0 saturated carbocycles. The van der Waals surface area contributed by atoms with Crippen LogP contribution in [0, 0.1) is 5.82 Å². The van der Waals surface area contributed by atoms with Gasteiger partial charge in [-0.2, -0.15) is 0 Å². The maximum Gasteiger partial charge on any atom is 0.170 e. The smallest absolute Gasteiger partial charge is 0.170 e. The second-order valence-electron chi connectivity index (χ2n) is 3.85. The van der Waals surface area contributed by atoms with Crippen LogP contribution < -0.4 is 0 Å². The van der Waals surface area contributed by atoms with Gasteiger partial charge in [0.1, 0.15) is 5.82 Å². The molecule has 0 unspecified atom stereocenters. The summed E-state index contributed by atoms with van der Waals surface area (Å²) in [5, 5.41) is 0. The van der Waals surface area contributed by atoms with Crippen molar-refractivity contribution in [1.82, 2.24) is 0 Å². The monoisotopic (exact) mass is 370 g/mol. The summed E-state index contributed by atoms with van der Waals surface area (Å²) in [6.07, 6.45) is 0.195. The summed E-state index contributed by atoms with van der Waals surface area (Å²) in [4.78, 5) is 12.0. The molecule has 92 valence electrons. The Hall–Kier alpha value is -1.00. The minimum Gasteiger partial charge on any atom is -0.294 e. The van der Waals surface area contributed by atoms with Crippen LogP contribution in [0.5, 0.6) is 0 Å². The van der Waals surface area contributed by atoms with Gasteiger partial charge in [-0.25, -0.2) is 4.39 Å². The van der Waals surface area contributed by atoms with E-state index >= 15 is 0 Å². The first kappa shape index (κ1) is 13.4. The highest BCUT2D eigenvalue weighted by atomic mass is 79.9. The van der Waals surface area contributed by atoms with Crippen LogP contribution in [-0.4, -0.2) is 5.78 Å². The standard InChI is InChI=1S/C14H9Br2FO/c15-10-3-1-9(2-4-10)7-14(18)12-8-11(16)5-6-13(12)17/h1-6,8H,7H2. The van der Waals surface area contributed by atoms with Gasteiger partial charge >= 0.3 is 0 Å². The number of Topliss-reactive ketones (excluding diaryl/α,β-unsaturated/α-hetero) is 1. The fourth-order valence-electron chi connectivity index (χ4n) is 1.59. The van der Waals surface area contributed by atoms with E-state index in [-0.39, 0.29) is 17.8 Å². The van der Waals surface area contributed by atoms with E-state index in [4.69, 9.17) is 0 Å². The van der Waals surface area contributed by atoms with E-state index in [1.54, 1.807) is 6.07 Å². The summed E-state index contributed by atoms with van der Waals surface area (Å²) >= 11 is 6.56. The van der Waals surface area contributed by atoms with Crippen molar-refractivity contribution in [2.75, 3.05) is 0 Å². The second kappa shape index (κ2) is 5.76. The van der Waals surface area contributed by atoms with Gasteiger partial charge in [0.25, 0.3) is 0 Å². The highest BCUT2D eigenvalue weighted by Gasteiger charge is 2.12. The van der Waals surface area contributed by atoms with Crippen LogP contribution in [-0.2, 0) is 6.42 Å². The van der Waals surface area contributed by atoms with Gasteiger partial charge in [0.05, 0.1) is 5.56 Å². The first-order valence-corrected chi connectivity index (χ1v) is 6.87. The fourth-order valence-corrected chi connectivity index (χ4v) is 2.22. The third-order valence-electron chi connectivity index (χ3n) is 2.51. The normalized spacial score (nSPS) is 10.4. The third kappa shape index (κ3) is 3.27. The molecule has 0 amide bonds. The van der Waals surface area contributed by atoms with Crippen LogP contribution in [0.25, 0.3) is 0 Å². The predicted molar refractivity (Wildman–Crippen MR) is 76.3 cm³/mol. The molecular weight excluding hydrogens is 363 g/mol. The Labute approximate surface area is 121 Å². The predicted octanol–water partition coefficient (Wildman–Crippen LogP) is 4.78. The quantitative estimate of drug-likeness (QED) is 0.710. The summed E-state index contributed by atoms with van der Waals surface area (Å²) in [6, 6.07) is 11.8. The molecule has 2 aromatic carbocycles. The van der Waals surface area contributed by atoms with E-state index in [2.05, 4.69) is 31.9 Å². The molecule has 0 heterocycles. The Morgan fingerprint density at radius 3 is 2.28 bits per heavy atom. The van der Waals surface area contributed by atoms with E-state index in [0.29, 0.717) is 4.47 Å². The second-order valence-corrected chi connectivity index (χ2v) is 5.68. The molecule has 0 aliphatic rings. The minimum atomic E-state index is -0.486. The summed E-state index contributed by atoms with van der Waals surface area (Å²) < 4.78 is 15.2. The lowest BCUT2D eigenvalue weighted by Crippen LogP contribution is -2.06. The Balaban J connectivity index is 2.21. The zero-order valence-corrected chi connectivity index (χ0v) is 12.5. The number of carbonyl (C=O) groups is 1. The van der Waals surface area contributed by atoms with Gasteiger partial charge in [-0.05, 0) is 35.9 Å². The lowest BCUT2D eigenvalue weighted by Gasteiger charge is -2.04. The Morgan fingerprint density at radius 2 is 1.61 bits per heavy atom. The van der Waals surface area contributed by atoms with Gasteiger partial charge in [0.15, 0.2) is 5.78 Å². The topological polar surface area (TPSA) is 17.1 Å². The van der Waals surface area contributed by atoms with Crippen molar-refractivity contribution in [3.8, 4) is 0 Å². The van der Waals surface area contributed by atoms with Crippen molar-refractivity contribution in [1.29, 1.82) is 0 Å². The average molecular weight is 372 g/mol. The molecule has 0 aliphatic heterocycles. The highest BCUT2D eigenvalue weighted by molar-refractivity contribution is 9.10. The van der Waals surface area contributed by atoms with E-state index in [0.717, 1.165) is 10.0 Å². The van der Waals surface area contributed by atoms with Gasteiger partial charge in [0.2, 0.25) is 0 Å². The molecule has 18 heavy (non-hydrogen) atoms. The van der Waals surface area contributed by atoms with Gasteiger partial charge in [0, 0.05) is 15.4 Å². The van der Waals surface area contributed by atoms with Crippen LogP contribution in [0.1, 0.15) is 15.9 Å². The Bertz CT molecular complexity index is 579. The molecular formula is C14H9Br2FO. The largest absolute Gasteiger partial charge is 0.294 e. The average Bonchev–Trinajstić information content (AvgIpc) is 2.35. The molecule has 0 aromatic heterocycles. The molecule has 0 bridgehead atoms. The number of benzene rings is 2. The lowest BCUT2D eigenvalue weighted by molar-refractivity contribution is 0.0989. The Kier molecular flexibility index (Phi) is 4.30. The molecule has 0 aliphatic carbocycles. The molecule has 2 rings (SSSR count). The van der Waals surface area contributed by atoms with Gasteiger partial charge in [-0.15, -0.1) is 0 Å². The first-order valence-electron chi connectivity index (χ1n) is 5.29. The number of hydrogen-bond acceptors (Lipinski definition) is 1. The molecule has 0 fully saturated rings. The molecule has 2 aromatic rings. The summed E-state index contributed by atoms with van der Waals surface area (Å²) in [5.74, 6) is -0.712. The van der Waals surface area contributed by atoms with Crippen molar-refractivity contribution < 1.29 is 9.18 Å². The molecule has 0 N–H and O–H groups in total. The van der Waals surface area contributed by atoms with Gasteiger partial charge in [-0.3, -0.25) is 4.79 Å². The van der Waals surface area contributed by atoms with E-state index in [1.165, 1.54) is 12.1 Å². The summed E-state index contributed by atoms with van der Waals surface area (Å²) in [5.41, 5.74) is 0.981. The number of rotatable bonds is 3. The molecule has 0 atom stereocenters. The van der Waals surface area contributed by atoms with Crippen molar-refractivity contribution >= 4 is 37.6 Å². The molecule has 0 saturated heterocycles. The van der Waals surface area contributed by atoms with Crippen molar-refractivity contribution in [3.63, 3.8) is 0 Å². The number of halogens is 3. The summed E-state index contributed by atoms with van der Waals surface area (Å²) in [6.45, 7) is 0. The fraction of sp³-hybridized carbons (Fsp3) is 0.0714. The van der Waals surface area contributed by atoms with E-state index < -0.39 is 5.82 Å². The van der Waals surface area contributed by atoms with Crippen LogP contribution in [0.3, 0.4) is 0 Å². The van der Waals surface area contributed by atoms with Gasteiger partial charge < -0.3 is 0 Å². The van der Waals surface area contributed by atoms with Gasteiger partial charge in [-0.1, -0.05) is 44.0 Å².